The van der Waals surface area contributed by atoms with Gasteiger partial charge in [0.05, 0.1) is 33.0 Å². The average Bonchev–Trinajstić information content (AvgIpc) is 1.96. The number of hydrogen-bond donors (Lipinski definition) is 1. The highest BCUT2D eigenvalue weighted by Gasteiger charge is 2.30. The van der Waals surface area contributed by atoms with E-state index in [2.05, 4.69) is 0 Å². The molecule has 0 aromatic rings. The molecule has 0 aromatic carbocycles. The van der Waals surface area contributed by atoms with Crippen LogP contribution in [0, 0.1) is 5.92 Å². The van der Waals surface area contributed by atoms with Crippen molar-refractivity contribution in [2.75, 3.05) is 27.7 Å². The molecule has 2 unspecified atom stereocenters. The van der Waals surface area contributed by atoms with Crippen molar-refractivity contribution in [2.24, 2.45) is 5.92 Å². The first kappa shape index (κ1) is 15.8. The summed E-state index contributed by atoms with van der Waals surface area (Å²) in [5.41, 5.74) is 0.693. The molecule has 0 rings (SSSR count). The van der Waals surface area contributed by atoms with Crippen LogP contribution in [0.15, 0.2) is 11.6 Å². The molecule has 0 spiro atoms. The molecule has 2 atom stereocenters. The largest absolute Gasteiger partial charge is 0.549 e. The third-order valence-electron chi connectivity index (χ3n) is 2.11. The molecule has 0 fully saturated rings. The minimum absolute atomic E-state index is 0.168. The van der Waals surface area contributed by atoms with Gasteiger partial charge in [-0.2, -0.15) is 0 Å². The first-order valence-corrected chi connectivity index (χ1v) is 5.42. The van der Waals surface area contributed by atoms with Crippen molar-refractivity contribution in [3.05, 3.63) is 11.6 Å². The van der Waals surface area contributed by atoms with Crippen molar-refractivity contribution < 1.29 is 24.3 Å². The first-order valence-electron chi connectivity index (χ1n) is 5.42. The van der Waals surface area contributed by atoms with Gasteiger partial charge in [0.15, 0.2) is 5.78 Å². The van der Waals surface area contributed by atoms with Crippen LogP contribution in [0.25, 0.3) is 0 Å². The number of likely N-dealkylation sites (N-methyl/N-ethyl adjacent to an activating group) is 1. The number of carbonyl (C=O) groups is 2. The highest BCUT2D eigenvalue weighted by Crippen LogP contribution is 2.10. The van der Waals surface area contributed by atoms with E-state index in [9.17, 15) is 19.8 Å². The van der Waals surface area contributed by atoms with Crippen molar-refractivity contribution in [2.45, 2.75) is 20.0 Å². The van der Waals surface area contributed by atoms with Crippen molar-refractivity contribution >= 4 is 11.8 Å². The Bertz CT molecular complexity index is 324. The predicted octanol–water partition coefficient (Wildman–Crippen LogP) is -1.05. The van der Waals surface area contributed by atoms with E-state index in [1.165, 1.54) is 6.08 Å². The summed E-state index contributed by atoms with van der Waals surface area (Å²) in [4.78, 5) is 22.6. The van der Waals surface area contributed by atoms with E-state index in [4.69, 9.17) is 0 Å². The van der Waals surface area contributed by atoms with Gasteiger partial charge in [-0.05, 0) is 19.9 Å². The summed E-state index contributed by atoms with van der Waals surface area (Å²) in [7, 11) is 5.42. The Morgan fingerprint density at radius 3 is 2.06 bits per heavy atom. The van der Waals surface area contributed by atoms with Crippen molar-refractivity contribution in [1.82, 2.24) is 0 Å². The number of ketones is 1. The van der Waals surface area contributed by atoms with Crippen LogP contribution < -0.4 is 5.11 Å². The van der Waals surface area contributed by atoms with E-state index in [1.54, 1.807) is 35.0 Å². The van der Waals surface area contributed by atoms with Crippen LogP contribution >= 0.6 is 0 Å². The number of allylic oxidation sites excluding steroid dienone is 2. The lowest BCUT2D eigenvalue weighted by Crippen LogP contribution is -2.50. The molecular weight excluding hydrogens is 222 g/mol. The maximum Gasteiger partial charge on any atom is 0.167 e. The summed E-state index contributed by atoms with van der Waals surface area (Å²) < 4.78 is 0.368. The number of carbonyl (C=O) groups excluding carboxylic acids is 2. The number of carboxylic acid groups (broad SMARTS) is 1. The number of quaternary nitrogens is 1. The summed E-state index contributed by atoms with van der Waals surface area (Å²) in [6.07, 6.45) is -0.0256. The third-order valence-corrected chi connectivity index (χ3v) is 2.11. The van der Waals surface area contributed by atoms with E-state index in [1.807, 2.05) is 0 Å². The summed E-state index contributed by atoms with van der Waals surface area (Å²) in [5, 5.41) is 20.7. The van der Waals surface area contributed by atoms with Gasteiger partial charge in [-0.3, -0.25) is 4.79 Å². The predicted molar refractivity (Wildman–Crippen MR) is 61.8 cm³/mol. The molecule has 0 saturated heterocycles. The molecule has 0 aliphatic heterocycles. The zero-order valence-electron chi connectivity index (χ0n) is 11.1. The van der Waals surface area contributed by atoms with E-state index in [-0.39, 0.29) is 6.54 Å². The van der Waals surface area contributed by atoms with Crippen LogP contribution in [0.3, 0.4) is 0 Å². The lowest BCUT2D eigenvalue weighted by atomic mass is 9.95. The topological polar surface area (TPSA) is 77.4 Å². The minimum atomic E-state index is -1.53. The molecule has 0 aliphatic rings. The summed E-state index contributed by atoms with van der Waals surface area (Å²) in [5.74, 6) is -3.65. The van der Waals surface area contributed by atoms with Crippen molar-refractivity contribution in [3.63, 3.8) is 0 Å². The van der Waals surface area contributed by atoms with Crippen LogP contribution in [0.4, 0.5) is 0 Å². The smallest absolute Gasteiger partial charge is 0.167 e. The van der Waals surface area contributed by atoms with Crippen molar-refractivity contribution in [3.8, 4) is 0 Å². The molecule has 0 amide bonds. The zero-order chi connectivity index (χ0) is 13.8. The Hall–Kier alpha value is -1.20. The monoisotopic (exact) mass is 243 g/mol. The number of aliphatic hydroxyl groups is 1. The van der Waals surface area contributed by atoms with E-state index < -0.39 is 23.8 Å². The fraction of sp³-hybridized carbons (Fsp3) is 0.667. The molecule has 0 bridgehead atoms. The summed E-state index contributed by atoms with van der Waals surface area (Å²) >= 11 is 0. The zero-order valence-corrected chi connectivity index (χ0v) is 11.1. The van der Waals surface area contributed by atoms with Gasteiger partial charge in [0.25, 0.3) is 0 Å². The van der Waals surface area contributed by atoms with E-state index >= 15 is 0 Å². The Morgan fingerprint density at radius 2 is 1.76 bits per heavy atom. The normalized spacial score (nSPS) is 14.9. The van der Waals surface area contributed by atoms with Gasteiger partial charge in [-0.25, -0.2) is 0 Å². The van der Waals surface area contributed by atoms with Gasteiger partial charge >= 0.3 is 0 Å². The molecule has 0 saturated carbocycles. The lowest BCUT2D eigenvalue weighted by molar-refractivity contribution is -0.873. The van der Waals surface area contributed by atoms with Crippen LogP contribution in [-0.4, -0.2) is 55.1 Å². The van der Waals surface area contributed by atoms with Gasteiger partial charge in [0, 0.05) is 0 Å². The highest BCUT2D eigenvalue weighted by atomic mass is 16.4. The fourth-order valence-corrected chi connectivity index (χ4v) is 1.50. The van der Waals surface area contributed by atoms with E-state index in [0.29, 0.717) is 10.1 Å². The summed E-state index contributed by atoms with van der Waals surface area (Å²) in [6, 6.07) is 0. The SMILES string of the molecule is CC(C)=CC(=O)C(C(=O)[O-])C(O)C[N+](C)(C)C. The number of nitrogens with zero attached hydrogens (tertiary/aromatic N) is 1. The average molecular weight is 243 g/mol. The Labute approximate surface area is 102 Å². The van der Waals surface area contributed by atoms with Gasteiger partial charge in [0.1, 0.15) is 12.6 Å². The highest BCUT2D eigenvalue weighted by molar-refractivity contribution is 6.04. The molecule has 0 radical (unpaired) electrons. The molecule has 5 heteroatoms. The molecule has 0 aromatic heterocycles. The maximum absolute atomic E-state index is 11.7. The van der Waals surface area contributed by atoms with Gasteiger partial charge in [0.2, 0.25) is 0 Å². The van der Waals surface area contributed by atoms with Crippen LogP contribution in [-0.2, 0) is 9.59 Å². The number of hydrogen-bond acceptors (Lipinski definition) is 4. The first-order chi connectivity index (χ1) is 7.54. The van der Waals surface area contributed by atoms with Gasteiger partial charge in [-0.1, -0.05) is 5.57 Å². The third kappa shape index (κ3) is 6.19. The molecular formula is C12H21NO4. The van der Waals surface area contributed by atoms with Crippen LogP contribution in [0.1, 0.15) is 13.8 Å². The number of aliphatic carboxylic acids is 1. The standard InChI is InChI=1S/C12H21NO4/c1-8(2)6-9(14)11(12(16)17)10(15)7-13(3,4)5/h6,10-11,15H,7H2,1-5H3. The minimum Gasteiger partial charge on any atom is -0.549 e. The maximum atomic E-state index is 11.7. The molecule has 0 aliphatic carbocycles. The second kappa shape index (κ2) is 5.93. The molecule has 5 nitrogen and oxygen atoms in total. The molecule has 1 N–H and O–H groups in total. The van der Waals surface area contributed by atoms with Gasteiger partial charge in [-0.15, -0.1) is 0 Å². The van der Waals surface area contributed by atoms with Gasteiger partial charge < -0.3 is 19.5 Å². The second-order valence-electron chi connectivity index (χ2n) is 5.46. The Morgan fingerprint density at radius 1 is 1.29 bits per heavy atom. The quantitative estimate of drug-likeness (QED) is 0.367. The van der Waals surface area contributed by atoms with Crippen LogP contribution in [0.5, 0.6) is 0 Å². The number of carboxylic acids is 1. The van der Waals surface area contributed by atoms with Crippen LogP contribution in [0.2, 0.25) is 0 Å². The number of rotatable bonds is 6. The summed E-state index contributed by atoms with van der Waals surface area (Å²) in [6.45, 7) is 3.55. The molecule has 98 valence electrons. The molecule has 0 heterocycles. The Balaban J connectivity index is 4.93. The fourth-order valence-electron chi connectivity index (χ4n) is 1.50. The number of aliphatic hydroxyl groups excluding tert-OH is 1. The molecule has 17 heavy (non-hydrogen) atoms. The van der Waals surface area contributed by atoms with E-state index in [0.717, 1.165) is 0 Å². The lowest BCUT2D eigenvalue weighted by Gasteiger charge is -2.30. The van der Waals surface area contributed by atoms with Crippen molar-refractivity contribution in [1.29, 1.82) is 0 Å². The second-order valence-corrected chi connectivity index (χ2v) is 5.46. The Kier molecular flexibility index (Phi) is 5.51.